The Kier molecular flexibility index (Phi) is 8.94. The lowest BCUT2D eigenvalue weighted by molar-refractivity contribution is 0.602. The van der Waals surface area contributed by atoms with Crippen molar-refractivity contribution in [3.8, 4) is 0 Å². The molecule has 0 aliphatic rings. The molecule has 0 aliphatic heterocycles. The van der Waals surface area contributed by atoms with E-state index >= 15 is 0 Å². The van der Waals surface area contributed by atoms with E-state index in [9.17, 15) is 0 Å². The highest BCUT2D eigenvalue weighted by atomic mass is 14.5. The number of hydrogen-bond donors (Lipinski definition) is 2. The van der Waals surface area contributed by atoms with Crippen molar-refractivity contribution in [2.45, 2.75) is 53.9 Å². The van der Waals surface area contributed by atoms with Crippen LogP contribution < -0.4 is 5.73 Å². The van der Waals surface area contributed by atoms with Gasteiger partial charge in [0.2, 0.25) is 0 Å². The van der Waals surface area contributed by atoms with Gasteiger partial charge in [0, 0.05) is 11.4 Å². The molecule has 108 valence electrons. The molecular formula is C17H30N2. The Morgan fingerprint density at radius 2 is 1.58 bits per heavy atom. The summed E-state index contributed by atoms with van der Waals surface area (Å²) in [4.78, 5) is 0. The maximum absolute atomic E-state index is 7.09. The van der Waals surface area contributed by atoms with Crippen molar-refractivity contribution in [3.05, 3.63) is 29.8 Å². The van der Waals surface area contributed by atoms with Gasteiger partial charge in [0.15, 0.2) is 0 Å². The second kappa shape index (κ2) is 9.60. The molecular weight excluding hydrogens is 232 g/mol. The molecule has 2 nitrogen and oxygen atoms in total. The van der Waals surface area contributed by atoms with E-state index in [-0.39, 0.29) is 0 Å². The van der Waals surface area contributed by atoms with E-state index in [0.717, 1.165) is 42.5 Å². The van der Waals surface area contributed by atoms with Gasteiger partial charge in [-0.15, -0.1) is 0 Å². The summed E-state index contributed by atoms with van der Waals surface area (Å²) in [6.45, 7) is 10.7. The molecule has 0 unspecified atom stereocenters. The molecule has 0 heterocycles. The van der Waals surface area contributed by atoms with E-state index in [1.807, 2.05) is 19.1 Å². The van der Waals surface area contributed by atoms with Gasteiger partial charge in [-0.05, 0) is 55.7 Å². The summed E-state index contributed by atoms with van der Waals surface area (Å²) in [5, 5.41) is 7.09. The van der Waals surface area contributed by atoms with Gasteiger partial charge in [-0.25, -0.2) is 0 Å². The zero-order valence-corrected chi connectivity index (χ0v) is 13.2. The highest BCUT2D eigenvalue weighted by Gasteiger charge is 1.95. The largest absolute Gasteiger partial charge is 0.399 e. The van der Waals surface area contributed by atoms with Crippen molar-refractivity contribution in [1.29, 1.82) is 5.41 Å². The number of hydrogen-bond acceptors (Lipinski definition) is 2. The summed E-state index contributed by atoms with van der Waals surface area (Å²) in [7, 11) is 0. The molecule has 1 aromatic rings. The van der Waals surface area contributed by atoms with Gasteiger partial charge in [0.25, 0.3) is 0 Å². The maximum atomic E-state index is 7.09. The molecule has 0 fully saturated rings. The summed E-state index contributed by atoms with van der Waals surface area (Å²) >= 11 is 0. The number of nitrogen functional groups attached to an aromatic ring is 1. The SMILES string of the molecule is CC(=N)CCC(C)C.CC(C)Cc1ccc(N)cc1. The van der Waals surface area contributed by atoms with Gasteiger partial charge >= 0.3 is 0 Å². The van der Waals surface area contributed by atoms with E-state index in [1.54, 1.807) is 0 Å². The molecule has 0 aliphatic carbocycles. The van der Waals surface area contributed by atoms with Crippen molar-refractivity contribution in [2.75, 3.05) is 5.73 Å². The first kappa shape index (κ1) is 17.7. The number of benzene rings is 1. The molecule has 1 rings (SSSR count). The van der Waals surface area contributed by atoms with Gasteiger partial charge < -0.3 is 11.1 Å². The van der Waals surface area contributed by atoms with Gasteiger partial charge in [-0.1, -0.05) is 39.8 Å². The monoisotopic (exact) mass is 262 g/mol. The Bertz CT molecular complexity index is 350. The van der Waals surface area contributed by atoms with Crippen molar-refractivity contribution >= 4 is 11.4 Å². The third-order valence-corrected chi connectivity index (χ3v) is 2.72. The van der Waals surface area contributed by atoms with Crippen LogP contribution in [0.25, 0.3) is 0 Å². The fraction of sp³-hybridized carbons (Fsp3) is 0.588. The Morgan fingerprint density at radius 1 is 1.05 bits per heavy atom. The highest BCUT2D eigenvalue weighted by molar-refractivity contribution is 5.78. The lowest BCUT2D eigenvalue weighted by atomic mass is 10.0. The average Bonchev–Trinajstić information content (AvgIpc) is 2.30. The lowest BCUT2D eigenvalue weighted by Gasteiger charge is -2.03. The standard InChI is InChI=1S/C10H15N.C7H15N/c1-8(2)7-9-3-5-10(11)6-4-9;1-6(2)4-5-7(3)8/h3-6,8H,7,11H2,1-2H3;6,8H,4-5H2,1-3H3. The first-order valence-corrected chi connectivity index (χ1v) is 7.19. The molecule has 2 heteroatoms. The predicted octanol–water partition coefficient (Wildman–Crippen LogP) is 4.93. The van der Waals surface area contributed by atoms with Gasteiger partial charge in [0.05, 0.1) is 0 Å². The minimum Gasteiger partial charge on any atom is -0.399 e. The summed E-state index contributed by atoms with van der Waals surface area (Å²) in [5.74, 6) is 1.47. The van der Waals surface area contributed by atoms with E-state index in [2.05, 4.69) is 39.8 Å². The molecule has 0 amide bonds. The molecule has 0 saturated carbocycles. The molecule has 0 atom stereocenters. The van der Waals surface area contributed by atoms with E-state index in [0.29, 0.717) is 0 Å². The van der Waals surface area contributed by atoms with Gasteiger partial charge in [-0.2, -0.15) is 0 Å². The zero-order chi connectivity index (χ0) is 14.8. The van der Waals surface area contributed by atoms with Crippen molar-refractivity contribution in [3.63, 3.8) is 0 Å². The van der Waals surface area contributed by atoms with E-state index < -0.39 is 0 Å². The third-order valence-electron chi connectivity index (χ3n) is 2.72. The average molecular weight is 262 g/mol. The molecule has 0 radical (unpaired) electrons. The van der Waals surface area contributed by atoms with Crippen LogP contribution >= 0.6 is 0 Å². The van der Waals surface area contributed by atoms with Crippen LogP contribution in [0.4, 0.5) is 5.69 Å². The van der Waals surface area contributed by atoms with Crippen LogP contribution in [0.3, 0.4) is 0 Å². The van der Waals surface area contributed by atoms with Crippen LogP contribution in [0, 0.1) is 17.2 Å². The number of nitrogens with two attached hydrogens (primary N) is 1. The minimum atomic E-state index is 0.721. The number of anilines is 1. The van der Waals surface area contributed by atoms with E-state index in [1.165, 1.54) is 5.56 Å². The van der Waals surface area contributed by atoms with Crippen LogP contribution in [-0.2, 0) is 6.42 Å². The lowest BCUT2D eigenvalue weighted by Crippen LogP contribution is -1.94. The Morgan fingerprint density at radius 3 is 1.89 bits per heavy atom. The Hall–Kier alpha value is -1.31. The second-order valence-electron chi connectivity index (χ2n) is 6.05. The molecule has 3 N–H and O–H groups in total. The normalized spacial score (nSPS) is 10.3. The predicted molar refractivity (Wildman–Crippen MR) is 86.9 cm³/mol. The van der Waals surface area contributed by atoms with Crippen LogP contribution in [0.5, 0.6) is 0 Å². The minimum absolute atomic E-state index is 0.721. The van der Waals surface area contributed by atoms with Crippen LogP contribution in [0.15, 0.2) is 24.3 Å². The molecule has 0 spiro atoms. The molecule has 1 aromatic carbocycles. The molecule has 19 heavy (non-hydrogen) atoms. The Balaban J connectivity index is 0.000000362. The van der Waals surface area contributed by atoms with Crippen molar-refractivity contribution < 1.29 is 0 Å². The molecule has 0 aromatic heterocycles. The van der Waals surface area contributed by atoms with Crippen molar-refractivity contribution in [1.82, 2.24) is 0 Å². The summed E-state index contributed by atoms with van der Waals surface area (Å²) < 4.78 is 0. The first-order valence-electron chi connectivity index (χ1n) is 7.19. The summed E-state index contributed by atoms with van der Waals surface area (Å²) in [6.07, 6.45) is 3.27. The Labute approximate surface area is 118 Å². The maximum Gasteiger partial charge on any atom is 0.0314 e. The summed E-state index contributed by atoms with van der Waals surface area (Å²) in [5.41, 5.74) is 8.58. The molecule has 0 bridgehead atoms. The zero-order valence-electron chi connectivity index (χ0n) is 13.2. The fourth-order valence-corrected chi connectivity index (χ4v) is 1.63. The van der Waals surface area contributed by atoms with E-state index in [4.69, 9.17) is 11.1 Å². The molecule has 0 saturated heterocycles. The van der Waals surface area contributed by atoms with Gasteiger partial charge in [-0.3, -0.25) is 0 Å². The topological polar surface area (TPSA) is 49.9 Å². The van der Waals surface area contributed by atoms with Crippen molar-refractivity contribution in [2.24, 2.45) is 11.8 Å². The summed E-state index contributed by atoms with van der Waals surface area (Å²) in [6, 6.07) is 8.10. The van der Waals surface area contributed by atoms with Gasteiger partial charge in [0.1, 0.15) is 0 Å². The van der Waals surface area contributed by atoms with Crippen LogP contribution in [0.1, 0.15) is 53.0 Å². The fourth-order valence-electron chi connectivity index (χ4n) is 1.63. The number of nitrogens with one attached hydrogen (secondary N) is 1. The quantitative estimate of drug-likeness (QED) is 0.573. The van der Waals surface area contributed by atoms with Crippen LogP contribution in [-0.4, -0.2) is 5.71 Å². The first-order chi connectivity index (χ1) is 8.81. The number of rotatable bonds is 5. The smallest absolute Gasteiger partial charge is 0.0314 e. The highest BCUT2D eigenvalue weighted by Crippen LogP contribution is 2.10. The second-order valence-corrected chi connectivity index (χ2v) is 6.05. The van der Waals surface area contributed by atoms with Crippen LogP contribution in [0.2, 0.25) is 0 Å². The third kappa shape index (κ3) is 11.5.